The molecule has 0 aromatic rings. The predicted octanol–water partition coefficient (Wildman–Crippen LogP) is 4.10. The molecule has 4 heteroatoms. The van der Waals surface area contributed by atoms with Gasteiger partial charge in [0.05, 0.1) is 5.60 Å². The molecule has 0 unspecified atom stereocenters. The molecule has 0 rings (SSSR count). The van der Waals surface area contributed by atoms with Gasteiger partial charge in [-0.05, 0) is 71.1 Å². The molecular weight excluding hydrogens is 262 g/mol. The van der Waals surface area contributed by atoms with E-state index in [4.69, 9.17) is 4.74 Å². The average molecular weight is 298 g/mol. The van der Waals surface area contributed by atoms with E-state index in [2.05, 4.69) is 62.0 Å². The molecule has 0 radical (unpaired) electrons. The second kappa shape index (κ2) is 6.87. The fourth-order valence-corrected chi connectivity index (χ4v) is 9.04. The molecule has 0 fully saturated rings. The van der Waals surface area contributed by atoms with Crippen LogP contribution in [-0.4, -0.2) is 60.0 Å². The van der Waals surface area contributed by atoms with Crippen LogP contribution in [0.15, 0.2) is 0 Å². The fraction of sp³-hybridized carbons (Fsp3) is 1.00. The van der Waals surface area contributed by atoms with Gasteiger partial charge in [-0.3, -0.25) is 0 Å². The minimum absolute atomic E-state index is 0.0286. The molecule has 114 valence electrons. The third-order valence-corrected chi connectivity index (χ3v) is 8.37. The second-order valence-corrected chi connectivity index (χ2v) is 15.1. The van der Waals surface area contributed by atoms with E-state index < -0.39 is 20.4 Å². The summed E-state index contributed by atoms with van der Waals surface area (Å²) in [5.74, 6) is 0. The van der Waals surface area contributed by atoms with E-state index in [0.29, 0.717) is 0 Å². The van der Waals surface area contributed by atoms with Crippen LogP contribution < -0.4 is 0 Å². The quantitative estimate of drug-likeness (QED) is 0.669. The zero-order chi connectivity index (χ0) is 14.6. The molecule has 0 N–H and O–H groups in total. The van der Waals surface area contributed by atoms with Gasteiger partial charge in [0, 0.05) is 13.2 Å². The van der Waals surface area contributed by atoms with Crippen molar-refractivity contribution in [3.63, 3.8) is 0 Å². The van der Waals surface area contributed by atoms with Crippen LogP contribution in [0.2, 0.25) is 0 Å². The maximum Gasteiger partial charge on any atom is 0.0626 e. The summed E-state index contributed by atoms with van der Waals surface area (Å²) in [5.41, 5.74) is 0.0286. The van der Waals surface area contributed by atoms with Gasteiger partial charge < -0.3 is 4.74 Å². The molecule has 0 aliphatic heterocycles. The lowest BCUT2D eigenvalue weighted by molar-refractivity contribution is -0.0175. The Hall–Kier alpha value is 0.620. The molecule has 0 bridgehead atoms. The van der Waals surface area contributed by atoms with Crippen molar-refractivity contribution in [2.45, 2.75) is 39.2 Å². The molecule has 0 aliphatic carbocycles. The predicted molar refractivity (Wildman–Crippen MR) is 92.4 cm³/mol. The van der Waals surface area contributed by atoms with Crippen molar-refractivity contribution < 1.29 is 4.74 Å². The molecular formula is C14H35NOS2. The average Bonchev–Trinajstić information content (AvgIpc) is 2.07. The van der Waals surface area contributed by atoms with Gasteiger partial charge in [0.2, 0.25) is 0 Å². The highest BCUT2D eigenvalue weighted by atomic mass is 32.3. The van der Waals surface area contributed by atoms with E-state index in [0.717, 1.165) is 13.0 Å². The maximum absolute atomic E-state index is 5.78. The first-order valence-electron chi connectivity index (χ1n) is 6.68. The Morgan fingerprint density at radius 2 is 1.39 bits per heavy atom. The zero-order valence-electron chi connectivity index (χ0n) is 14.0. The Bertz CT molecular complexity index is 227. The van der Waals surface area contributed by atoms with Crippen molar-refractivity contribution in [3.05, 3.63) is 0 Å². The summed E-state index contributed by atoms with van der Waals surface area (Å²) in [6, 6.07) is 0. The van der Waals surface area contributed by atoms with Crippen LogP contribution in [0.3, 0.4) is 0 Å². The monoisotopic (exact) mass is 297 g/mol. The molecule has 0 aliphatic rings. The van der Waals surface area contributed by atoms with Gasteiger partial charge in [0.25, 0.3) is 0 Å². The van der Waals surface area contributed by atoms with E-state index in [-0.39, 0.29) is 5.60 Å². The van der Waals surface area contributed by atoms with Crippen molar-refractivity contribution >= 4 is 20.4 Å². The lowest BCUT2D eigenvalue weighted by atomic mass is 10.0. The number of rotatable bonds is 8. The summed E-state index contributed by atoms with van der Waals surface area (Å²) in [5, 5.41) is 0. The molecule has 0 spiro atoms. The standard InChI is InChI=1S/C14H35NOS2/c1-10-16-14(2,3)12-11-13-15(17(4,5)6)18(7,8)9/h10-13H2,1-9H3. The van der Waals surface area contributed by atoms with Gasteiger partial charge in [-0.25, -0.2) is 3.71 Å². The highest BCUT2D eigenvalue weighted by Gasteiger charge is 2.26. The minimum atomic E-state index is -0.623. The molecule has 0 heterocycles. The van der Waals surface area contributed by atoms with Crippen LogP contribution in [0.5, 0.6) is 0 Å². The molecule has 0 saturated carbocycles. The van der Waals surface area contributed by atoms with Crippen molar-refractivity contribution in [3.8, 4) is 0 Å². The summed E-state index contributed by atoms with van der Waals surface area (Å²) in [4.78, 5) is 0. The van der Waals surface area contributed by atoms with E-state index in [1.807, 2.05) is 0 Å². The highest BCUT2D eigenvalue weighted by Crippen LogP contribution is 2.56. The van der Waals surface area contributed by atoms with Gasteiger partial charge in [0.15, 0.2) is 0 Å². The first kappa shape index (κ1) is 18.6. The molecule has 0 saturated heterocycles. The third kappa shape index (κ3) is 7.27. The summed E-state index contributed by atoms with van der Waals surface area (Å²) < 4.78 is 8.53. The van der Waals surface area contributed by atoms with Crippen LogP contribution in [0.1, 0.15) is 33.6 Å². The van der Waals surface area contributed by atoms with Crippen LogP contribution in [0.25, 0.3) is 0 Å². The topological polar surface area (TPSA) is 12.5 Å². The maximum atomic E-state index is 5.78. The Labute approximate surface area is 119 Å². The van der Waals surface area contributed by atoms with Gasteiger partial charge >= 0.3 is 0 Å². The van der Waals surface area contributed by atoms with E-state index in [9.17, 15) is 0 Å². The summed E-state index contributed by atoms with van der Waals surface area (Å²) in [7, 11) is -1.25. The van der Waals surface area contributed by atoms with Crippen molar-refractivity contribution in [2.24, 2.45) is 0 Å². The summed E-state index contributed by atoms with van der Waals surface area (Å²) in [6.45, 7) is 8.50. The number of hydrogen-bond donors (Lipinski definition) is 0. The Morgan fingerprint density at radius 3 is 1.72 bits per heavy atom. The van der Waals surface area contributed by atoms with Gasteiger partial charge in [-0.2, -0.15) is 20.4 Å². The Balaban J connectivity index is 4.39. The van der Waals surface area contributed by atoms with Crippen LogP contribution >= 0.6 is 20.4 Å². The van der Waals surface area contributed by atoms with Crippen LogP contribution in [-0.2, 0) is 4.74 Å². The van der Waals surface area contributed by atoms with Gasteiger partial charge in [0.1, 0.15) is 0 Å². The first-order valence-corrected chi connectivity index (χ1v) is 12.3. The molecule has 0 aromatic heterocycles. The molecule has 18 heavy (non-hydrogen) atoms. The fourth-order valence-electron chi connectivity index (χ4n) is 2.32. The molecule has 0 atom stereocenters. The normalized spacial score (nSPS) is 16.1. The smallest absolute Gasteiger partial charge is 0.0626 e. The lowest BCUT2D eigenvalue weighted by Crippen LogP contribution is -2.31. The number of nitrogens with zero attached hydrogens (tertiary/aromatic N) is 1. The SMILES string of the molecule is CCOC(C)(C)CCCN(S(C)(C)C)S(C)(C)C. The Kier molecular flexibility index (Phi) is 7.10. The third-order valence-electron chi connectivity index (χ3n) is 2.88. The van der Waals surface area contributed by atoms with Gasteiger partial charge in [-0.1, -0.05) is 0 Å². The lowest BCUT2D eigenvalue weighted by Gasteiger charge is -2.51. The highest BCUT2D eigenvalue weighted by molar-refractivity contribution is 8.43. The first-order chi connectivity index (χ1) is 7.90. The molecule has 0 amide bonds. The molecule has 0 aromatic carbocycles. The van der Waals surface area contributed by atoms with Crippen LogP contribution in [0.4, 0.5) is 0 Å². The van der Waals surface area contributed by atoms with Crippen molar-refractivity contribution in [1.29, 1.82) is 0 Å². The summed E-state index contributed by atoms with van der Waals surface area (Å²) in [6.07, 6.45) is 16.8. The number of ether oxygens (including phenoxy) is 1. The van der Waals surface area contributed by atoms with Gasteiger partial charge in [-0.15, -0.1) is 0 Å². The van der Waals surface area contributed by atoms with E-state index in [1.54, 1.807) is 0 Å². The van der Waals surface area contributed by atoms with E-state index >= 15 is 0 Å². The minimum Gasteiger partial charge on any atom is -0.376 e. The second-order valence-electron chi connectivity index (χ2n) is 6.90. The summed E-state index contributed by atoms with van der Waals surface area (Å²) >= 11 is 0. The number of hydrogen-bond acceptors (Lipinski definition) is 2. The zero-order valence-corrected chi connectivity index (χ0v) is 15.6. The van der Waals surface area contributed by atoms with Crippen molar-refractivity contribution in [2.75, 3.05) is 50.7 Å². The largest absolute Gasteiger partial charge is 0.376 e. The van der Waals surface area contributed by atoms with Crippen molar-refractivity contribution in [1.82, 2.24) is 3.71 Å². The van der Waals surface area contributed by atoms with Crippen LogP contribution in [0, 0.1) is 0 Å². The molecule has 2 nitrogen and oxygen atoms in total. The Morgan fingerprint density at radius 1 is 0.944 bits per heavy atom. The van der Waals surface area contributed by atoms with E-state index in [1.165, 1.54) is 13.0 Å².